The average Bonchev–Trinajstić information content (AvgIpc) is 2.38. The van der Waals surface area contributed by atoms with Crippen LogP contribution in [0.25, 0.3) is 12.2 Å². The fourth-order valence-electron chi connectivity index (χ4n) is 1.80. The van der Waals surface area contributed by atoms with E-state index in [2.05, 4.69) is 0 Å². The van der Waals surface area contributed by atoms with Crippen molar-refractivity contribution in [1.29, 1.82) is 0 Å². The number of hydrogen-bond donors (Lipinski definition) is 0. The summed E-state index contributed by atoms with van der Waals surface area (Å²) >= 11 is 0. The van der Waals surface area contributed by atoms with E-state index in [-0.39, 0.29) is 11.6 Å². The van der Waals surface area contributed by atoms with Gasteiger partial charge in [0.2, 0.25) is 0 Å². The third kappa shape index (κ3) is 3.04. The molecule has 0 atom stereocenters. The van der Waals surface area contributed by atoms with E-state index in [0.29, 0.717) is 0 Å². The Hall–Kier alpha value is -1.96. The van der Waals surface area contributed by atoms with Crippen molar-refractivity contribution in [1.82, 2.24) is 0 Å². The van der Waals surface area contributed by atoms with Crippen molar-refractivity contribution in [3.05, 3.63) is 70.8 Å². The Bertz CT molecular complexity index is 554. The van der Waals surface area contributed by atoms with Crippen LogP contribution in [0, 0.1) is 11.6 Å². The van der Waals surface area contributed by atoms with Gasteiger partial charge in [0, 0.05) is 0 Å². The third-order valence-electron chi connectivity index (χ3n) is 2.81. The minimum atomic E-state index is -0.257. The summed E-state index contributed by atoms with van der Waals surface area (Å²) in [5, 5.41) is 0. The molecule has 18 heavy (non-hydrogen) atoms. The molecule has 0 aliphatic rings. The molecule has 2 aromatic carbocycles. The lowest BCUT2D eigenvalue weighted by atomic mass is 10.0. The number of hydrogen-bond acceptors (Lipinski definition) is 0. The van der Waals surface area contributed by atoms with Crippen LogP contribution in [0.1, 0.15) is 23.6 Å². The molecule has 0 aliphatic heterocycles. The Kier molecular flexibility index (Phi) is 3.88. The minimum absolute atomic E-state index is 0.244. The SMILES string of the molecule is CCc1ccc(F)cc1/C=C/c1ccc(F)cc1. The van der Waals surface area contributed by atoms with Crippen LogP contribution in [-0.2, 0) is 6.42 Å². The van der Waals surface area contributed by atoms with Crippen LogP contribution in [-0.4, -0.2) is 0 Å². The van der Waals surface area contributed by atoms with Gasteiger partial charge in [-0.1, -0.05) is 37.3 Å². The van der Waals surface area contributed by atoms with Crippen molar-refractivity contribution in [2.24, 2.45) is 0 Å². The third-order valence-corrected chi connectivity index (χ3v) is 2.81. The van der Waals surface area contributed by atoms with Crippen molar-refractivity contribution in [2.75, 3.05) is 0 Å². The lowest BCUT2D eigenvalue weighted by Crippen LogP contribution is -1.87. The highest BCUT2D eigenvalue weighted by molar-refractivity contribution is 5.71. The summed E-state index contributed by atoms with van der Waals surface area (Å²) in [7, 11) is 0. The fraction of sp³-hybridized carbons (Fsp3) is 0.125. The normalized spacial score (nSPS) is 11.1. The van der Waals surface area contributed by atoms with Gasteiger partial charge in [-0.15, -0.1) is 0 Å². The maximum Gasteiger partial charge on any atom is 0.123 e. The molecule has 0 saturated heterocycles. The van der Waals surface area contributed by atoms with Gasteiger partial charge in [-0.25, -0.2) is 8.78 Å². The van der Waals surface area contributed by atoms with E-state index in [4.69, 9.17) is 0 Å². The lowest BCUT2D eigenvalue weighted by molar-refractivity contribution is 0.626. The van der Waals surface area contributed by atoms with Gasteiger partial charge in [0.1, 0.15) is 11.6 Å². The van der Waals surface area contributed by atoms with Crippen molar-refractivity contribution in [3.63, 3.8) is 0 Å². The molecule has 92 valence electrons. The second-order valence-electron chi connectivity index (χ2n) is 4.08. The fourth-order valence-corrected chi connectivity index (χ4v) is 1.80. The van der Waals surface area contributed by atoms with E-state index in [1.807, 2.05) is 19.1 Å². The summed E-state index contributed by atoms with van der Waals surface area (Å²) in [6.45, 7) is 2.03. The molecular formula is C16H14F2. The molecule has 0 heterocycles. The van der Waals surface area contributed by atoms with Crippen LogP contribution in [0.4, 0.5) is 8.78 Å². The summed E-state index contributed by atoms with van der Waals surface area (Å²) in [6.07, 6.45) is 4.56. The topological polar surface area (TPSA) is 0 Å². The first-order valence-corrected chi connectivity index (χ1v) is 5.91. The van der Waals surface area contributed by atoms with Gasteiger partial charge < -0.3 is 0 Å². The molecule has 0 fully saturated rings. The van der Waals surface area contributed by atoms with Crippen LogP contribution in [0.15, 0.2) is 42.5 Å². The predicted molar refractivity (Wildman–Crippen MR) is 71.1 cm³/mol. The van der Waals surface area contributed by atoms with Crippen LogP contribution in [0.5, 0.6) is 0 Å². The van der Waals surface area contributed by atoms with Gasteiger partial charge in [0.05, 0.1) is 0 Å². The van der Waals surface area contributed by atoms with E-state index in [1.54, 1.807) is 18.2 Å². The Morgan fingerprint density at radius 3 is 2.22 bits per heavy atom. The van der Waals surface area contributed by atoms with Gasteiger partial charge in [-0.3, -0.25) is 0 Å². The van der Waals surface area contributed by atoms with E-state index >= 15 is 0 Å². The highest BCUT2D eigenvalue weighted by Gasteiger charge is 1.99. The molecule has 2 aromatic rings. The number of rotatable bonds is 3. The van der Waals surface area contributed by atoms with Gasteiger partial charge in [0.15, 0.2) is 0 Å². The van der Waals surface area contributed by atoms with Crippen LogP contribution >= 0.6 is 0 Å². The van der Waals surface area contributed by atoms with E-state index in [9.17, 15) is 8.78 Å². The maximum atomic E-state index is 13.2. The summed E-state index contributed by atoms with van der Waals surface area (Å²) in [4.78, 5) is 0. The van der Waals surface area contributed by atoms with Crippen LogP contribution in [0.3, 0.4) is 0 Å². The molecule has 0 unspecified atom stereocenters. The van der Waals surface area contributed by atoms with Crippen molar-refractivity contribution in [3.8, 4) is 0 Å². The number of benzene rings is 2. The van der Waals surface area contributed by atoms with E-state index in [1.165, 1.54) is 24.3 Å². The second-order valence-corrected chi connectivity index (χ2v) is 4.08. The highest BCUT2D eigenvalue weighted by atomic mass is 19.1. The van der Waals surface area contributed by atoms with E-state index < -0.39 is 0 Å². The zero-order valence-electron chi connectivity index (χ0n) is 10.2. The molecule has 0 nitrogen and oxygen atoms in total. The molecule has 0 radical (unpaired) electrons. The second kappa shape index (κ2) is 5.58. The van der Waals surface area contributed by atoms with Crippen molar-refractivity contribution in [2.45, 2.75) is 13.3 Å². The summed E-state index contributed by atoms with van der Waals surface area (Å²) in [5.74, 6) is -0.502. The Labute approximate surface area is 106 Å². The molecule has 0 bridgehead atoms. The first-order valence-electron chi connectivity index (χ1n) is 5.91. The van der Waals surface area contributed by atoms with Gasteiger partial charge >= 0.3 is 0 Å². The smallest absolute Gasteiger partial charge is 0.123 e. The molecule has 0 spiro atoms. The Balaban J connectivity index is 2.27. The van der Waals surface area contributed by atoms with Crippen LogP contribution in [0.2, 0.25) is 0 Å². The Morgan fingerprint density at radius 2 is 1.56 bits per heavy atom. The lowest BCUT2D eigenvalue weighted by Gasteiger charge is -2.03. The minimum Gasteiger partial charge on any atom is -0.207 e. The number of aryl methyl sites for hydroxylation is 1. The summed E-state index contributed by atoms with van der Waals surface area (Å²) in [6, 6.07) is 11.0. The highest BCUT2D eigenvalue weighted by Crippen LogP contribution is 2.16. The zero-order chi connectivity index (χ0) is 13.0. The first kappa shape index (κ1) is 12.5. The van der Waals surface area contributed by atoms with Crippen LogP contribution < -0.4 is 0 Å². The summed E-state index contributed by atoms with van der Waals surface area (Å²) in [5.41, 5.74) is 2.85. The van der Waals surface area contributed by atoms with Crippen molar-refractivity contribution >= 4 is 12.2 Å². The van der Waals surface area contributed by atoms with Gasteiger partial charge in [0.25, 0.3) is 0 Å². The number of halogens is 2. The van der Waals surface area contributed by atoms with Gasteiger partial charge in [-0.2, -0.15) is 0 Å². The summed E-state index contributed by atoms with van der Waals surface area (Å²) < 4.78 is 25.9. The van der Waals surface area contributed by atoms with Crippen molar-refractivity contribution < 1.29 is 8.78 Å². The molecule has 2 heteroatoms. The van der Waals surface area contributed by atoms with Gasteiger partial charge in [-0.05, 0) is 47.4 Å². The molecular weight excluding hydrogens is 230 g/mol. The average molecular weight is 244 g/mol. The van der Waals surface area contributed by atoms with E-state index in [0.717, 1.165) is 23.1 Å². The first-order chi connectivity index (χ1) is 8.69. The molecule has 2 rings (SSSR count). The largest absolute Gasteiger partial charge is 0.207 e. The quantitative estimate of drug-likeness (QED) is 0.687. The predicted octanol–water partition coefficient (Wildman–Crippen LogP) is 4.70. The molecule has 0 saturated carbocycles. The molecule has 0 amide bonds. The molecule has 0 aromatic heterocycles. The monoisotopic (exact) mass is 244 g/mol. The Morgan fingerprint density at radius 1 is 0.889 bits per heavy atom. The maximum absolute atomic E-state index is 13.2. The molecule has 0 N–H and O–H groups in total. The molecule has 0 aliphatic carbocycles. The standard InChI is InChI=1S/C16H14F2/c1-2-13-7-10-16(18)11-14(13)6-3-12-4-8-15(17)9-5-12/h3-11H,2H2,1H3/b6-3+. The zero-order valence-corrected chi connectivity index (χ0v) is 10.2.